The van der Waals surface area contributed by atoms with Crippen LogP contribution in [0.3, 0.4) is 0 Å². The Kier molecular flexibility index (Phi) is 3.28. The van der Waals surface area contributed by atoms with Gasteiger partial charge in [-0.15, -0.1) is 0 Å². The molecule has 2 aromatic rings. The number of nitrogens with one attached hydrogen (secondary N) is 1. The molecule has 0 saturated heterocycles. The van der Waals surface area contributed by atoms with Crippen molar-refractivity contribution in [2.45, 2.75) is 13.8 Å². The molecule has 0 radical (unpaired) electrons. The van der Waals surface area contributed by atoms with Crippen LogP contribution in [0.1, 0.15) is 11.1 Å². The Morgan fingerprint density at radius 3 is 2.35 bits per heavy atom. The minimum absolute atomic E-state index is 0.452. The van der Waals surface area contributed by atoms with Crippen LogP contribution in [0, 0.1) is 13.8 Å². The van der Waals surface area contributed by atoms with E-state index in [1.165, 1.54) is 17.5 Å². The molecular formula is C12H13BrN4. The molecule has 0 amide bonds. The molecule has 88 valence electrons. The Balaban J connectivity index is 2.31. The zero-order chi connectivity index (χ0) is 12.4. The van der Waals surface area contributed by atoms with Crippen molar-refractivity contribution in [1.29, 1.82) is 0 Å². The Morgan fingerprint density at radius 2 is 1.76 bits per heavy atom. The first kappa shape index (κ1) is 11.9. The van der Waals surface area contributed by atoms with E-state index in [1.54, 1.807) is 6.07 Å². The second kappa shape index (κ2) is 4.71. The van der Waals surface area contributed by atoms with Gasteiger partial charge in [-0.25, -0.2) is 9.97 Å². The van der Waals surface area contributed by atoms with Crippen molar-refractivity contribution < 1.29 is 0 Å². The summed E-state index contributed by atoms with van der Waals surface area (Å²) >= 11 is 3.54. The summed E-state index contributed by atoms with van der Waals surface area (Å²) in [6.07, 6.45) is 1.44. The average Bonchev–Trinajstić information content (AvgIpc) is 2.26. The van der Waals surface area contributed by atoms with E-state index in [4.69, 9.17) is 5.73 Å². The molecule has 4 nitrogen and oxygen atoms in total. The van der Waals surface area contributed by atoms with Crippen molar-refractivity contribution in [3.05, 3.63) is 40.1 Å². The zero-order valence-corrected chi connectivity index (χ0v) is 11.2. The van der Waals surface area contributed by atoms with Gasteiger partial charge in [0.15, 0.2) is 0 Å². The smallest absolute Gasteiger partial charge is 0.135 e. The van der Waals surface area contributed by atoms with E-state index in [0.717, 1.165) is 10.2 Å². The quantitative estimate of drug-likeness (QED) is 0.892. The van der Waals surface area contributed by atoms with E-state index >= 15 is 0 Å². The lowest BCUT2D eigenvalue weighted by Crippen LogP contribution is -1.98. The van der Waals surface area contributed by atoms with Crippen molar-refractivity contribution in [1.82, 2.24) is 9.97 Å². The average molecular weight is 293 g/mol. The highest BCUT2D eigenvalue weighted by Gasteiger charge is 2.03. The van der Waals surface area contributed by atoms with Gasteiger partial charge in [-0.1, -0.05) is 15.9 Å². The van der Waals surface area contributed by atoms with Crippen LogP contribution in [0.25, 0.3) is 0 Å². The molecule has 17 heavy (non-hydrogen) atoms. The molecule has 0 saturated carbocycles. The summed E-state index contributed by atoms with van der Waals surface area (Å²) in [6, 6.07) is 5.80. The van der Waals surface area contributed by atoms with Crippen LogP contribution in [0.2, 0.25) is 0 Å². The third-order valence-electron chi connectivity index (χ3n) is 2.40. The number of nitrogens with zero attached hydrogens (tertiary/aromatic N) is 2. The highest BCUT2D eigenvalue weighted by molar-refractivity contribution is 9.10. The van der Waals surface area contributed by atoms with Gasteiger partial charge in [0.2, 0.25) is 0 Å². The minimum atomic E-state index is 0.452. The molecule has 2 rings (SSSR count). The standard InChI is InChI=1S/C12H13BrN4/c1-7-3-9(4-8(2)12(7)13)17-11-5-10(14)15-6-16-11/h3-6H,1-2H3,(H3,14,15,16,17). The third-order valence-corrected chi connectivity index (χ3v) is 3.65. The van der Waals surface area contributed by atoms with Gasteiger partial charge in [0.1, 0.15) is 18.0 Å². The molecule has 0 aliphatic rings. The van der Waals surface area contributed by atoms with E-state index in [9.17, 15) is 0 Å². The molecule has 1 heterocycles. The summed E-state index contributed by atoms with van der Waals surface area (Å²) < 4.78 is 1.13. The second-order valence-electron chi connectivity index (χ2n) is 3.88. The fraction of sp³-hybridized carbons (Fsp3) is 0.167. The number of halogens is 1. The second-order valence-corrected chi connectivity index (χ2v) is 4.67. The van der Waals surface area contributed by atoms with Crippen LogP contribution >= 0.6 is 15.9 Å². The van der Waals surface area contributed by atoms with Gasteiger partial charge >= 0.3 is 0 Å². The van der Waals surface area contributed by atoms with Gasteiger partial charge in [0.25, 0.3) is 0 Å². The molecule has 0 atom stereocenters. The fourth-order valence-electron chi connectivity index (χ4n) is 1.61. The maximum Gasteiger partial charge on any atom is 0.135 e. The lowest BCUT2D eigenvalue weighted by molar-refractivity contribution is 1.17. The van der Waals surface area contributed by atoms with Crippen LogP contribution in [-0.2, 0) is 0 Å². The number of hydrogen-bond acceptors (Lipinski definition) is 4. The summed E-state index contributed by atoms with van der Waals surface area (Å²) in [5.74, 6) is 1.15. The number of rotatable bonds is 2. The largest absolute Gasteiger partial charge is 0.384 e. The summed E-state index contributed by atoms with van der Waals surface area (Å²) in [5.41, 5.74) is 8.94. The number of aromatic nitrogens is 2. The van der Waals surface area contributed by atoms with E-state index in [-0.39, 0.29) is 0 Å². The molecular weight excluding hydrogens is 280 g/mol. The molecule has 3 N–H and O–H groups in total. The Morgan fingerprint density at radius 1 is 1.12 bits per heavy atom. The van der Waals surface area contributed by atoms with Crippen molar-refractivity contribution in [3.63, 3.8) is 0 Å². The fourth-order valence-corrected chi connectivity index (χ4v) is 1.84. The van der Waals surface area contributed by atoms with Crippen LogP contribution in [0.5, 0.6) is 0 Å². The normalized spacial score (nSPS) is 10.3. The highest BCUT2D eigenvalue weighted by Crippen LogP contribution is 2.26. The Labute approximate surface area is 108 Å². The lowest BCUT2D eigenvalue weighted by atomic mass is 10.1. The number of aryl methyl sites for hydroxylation is 2. The maximum absolute atomic E-state index is 5.60. The van der Waals surface area contributed by atoms with Gasteiger partial charge in [-0.3, -0.25) is 0 Å². The van der Waals surface area contributed by atoms with Gasteiger partial charge < -0.3 is 11.1 Å². The molecule has 1 aromatic heterocycles. The van der Waals surface area contributed by atoms with E-state index in [1.807, 2.05) is 0 Å². The van der Waals surface area contributed by atoms with Crippen LogP contribution < -0.4 is 11.1 Å². The van der Waals surface area contributed by atoms with E-state index in [2.05, 4.69) is 57.2 Å². The lowest BCUT2D eigenvalue weighted by Gasteiger charge is -2.10. The number of benzene rings is 1. The first-order valence-electron chi connectivity index (χ1n) is 5.17. The van der Waals surface area contributed by atoms with Gasteiger partial charge in [0.05, 0.1) is 0 Å². The van der Waals surface area contributed by atoms with Crippen molar-refractivity contribution in [3.8, 4) is 0 Å². The molecule has 0 bridgehead atoms. The highest BCUT2D eigenvalue weighted by atomic mass is 79.9. The maximum atomic E-state index is 5.60. The van der Waals surface area contributed by atoms with Crippen LogP contribution in [0.15, 0.2) is 29.0 Å². The van der Waals surface area contributed by atoms with Crippen LogP contribution in [0.4, 0.5) is 17.3 Å². The predicted molar refractivity (Wildman–Crippen MR) is 73.3 cm³/mol. The summed E-state index contributed by atoms with van der Waals surface area (Å²) in [6.45, 7) is 4.10. The molecule has 0 aliphatic heterocycles. The molecule has 0 unspecified atom stereocenters. The molecule has 1 aromatic carbocycles. The molecule has 0 fully saturated rings. The first-order valence-corrected chi connectivity index (χ1v) is 5.97. The first-order chi connectivity index (χ1) is 8.06. The Hall–Kier alpha value is -1.62. The molecule has 0 spiro atoms. The summed E-state index contributed by atoms with van der Waals surface area (Å²) in [5, 5.41) is 3.20. The van der Waals surface area contributed by atoms with E-state index in [0.29, 0.717) is 11.6 Å². The topological polar surface area (TPSA) is 63.8 Å². The Bertz CT molecular complexity index is 531. The molecule has 5 heteroatoms. The number of nitrogen functional groups attached to an aromatic ring is 1. The van der Waals surface area contributed by atoms with Crippen molar-refractivity contribution in [2.24, 2.45) is 0 Å². The SMILES string of the molecule is Cc1cc(Nc2cc(N)ncn2)cc(C)c1Br. The summed E-state index contributed by atoms with van der Waals surface area (Å²) in [7, 11) is 0. The van der Waals surface area contributed by atoms with E-state index < -0.39 is 0 Å². The monoisotopic (exact) mass is 292 g/mol. The van der Waals surface area contributed by atoms with Gasteiger partial charge in [0, 0.05) is 16.2 Å². The van der Waals surface area contributed by atoms with Crippen molar-refractivity contribution >= 4 is 33.3 Å². The summed E-state index contributed by atoms with van der Waals surface area (Å²) in [4.78, 5) is 7.95. The van der Waals surface area contributed by atoms with Crippen molar-refractivity contribution in [2.75, 3.05) is 11.1 Å². The predicted octanol–water partition coefficient (Wildman–Crippen LogP) is 3.18. The molecule has 0 aliphatic carbocycles. The van der Waals surface area contributed by atoms with Gasteiger partial charge in [-0.2, -0.15) is 0 Å². The minimum Gasteiger partial charge on any atom is -0.384 e. The van der Waals surface area contributed by atoms with Crippen LogP contribution in [-0.4, -0.2) is 9.97 Å². The third kappa shape index (κ3) is 2.74. The number of nitrogens with two attached hydrogens (primary N) is 1. The number of anilines is 3. The van der Waals surface area contributed by atoms with Gasteiger partial charge in [-0.05, 0) is 37.1 Å². The number of hydrogen-bond donors (Lipinski definition) is 2. The zero-order valence-electron chi connectivity index (χ0n) is 9.66.